The largest absolute Gasteiger partial charge is 0.464 e. The van der Waals surface area contributed by atoms with Gasteiger partial charge in [-0.1, -0.05) is 48.5 Å². The fourth-order valence-corrected chi connectivity index (χ4v) is 6.72. The molecule has 7 rings (SSSR count). The molecule has 1 heterocycles. The van der Waals surface area contributed by atoms with Crippen LogP contribution in [0.5, 0.6) is 0 Å². The molecule has 0 saturated heterocycles. The molecule has 0 N–H and O–H groups in total. The zero-order chi connectivity index (χ0) is 16.8. The van der Waals surface area contributed by atoms with Crippen LogP contribution in [0.3, 0.4) is 0 Å². The van der Waals surface area contributed by atoms with Gasteiger partial charge in [0.25, 0.3) is 0 Å². The highest BCUT2D eigenvalue weighted by atomic mass is 16.3. The molecule has 0 radical (unpaired) electrons. The van der Waals surface area contributed by atoms with Crippen LogP contribution in [0.4, 0.5) is 0 Å². The number of furan rings is 1. The van der Waals surface area contributed by atoms with Gasteiger partial charge in [0.05, 0.1) is 6.26 Å². The molecule has 1 nitrogen and oxygen atoms in total. The van der Waals surface area contributed by atoms with Crippen LogP contribution in [-0.4, -0.2) is 0 Å². The molecular weight excluding hydrogens is 316 g/mol. The van der Waals surface area contributed by atoms with E-state index in [1.165, 1.54) is 47.1 Å². The van der Waals surface area contributed by atoms with Crippen LogP contribution in [0.1, 0.15) is 47.4 Å². The Labute approximate surface area is 153 Å². The SMILES string of the molecule is c1ccc2c(c1)/C(=C1\c3ccccc3C3C1[C@H]1CC[C@@H]3C1)c1ccoc1-2. The minimum Gasteiger partial charge on any atom is -0.464 e. The molecule has 26 heavy (non-hydrogen) atoms. The van der Waals surface area contributed by atoms with Crippen molar-refractivity contribution in [2.45, 2.75) is 25.2 Å². The lowest BCUT2D eigenvalue weighted by Crippen LogP contribution is -2.16. The normalized spacial score (nSPS) is 32.5. The Kier molecular flexibility index (Phi) is 2.41. The summed E-state index contributed by atoms with van der Waals surface area (Å²) in [6, 6.07) is 20.2. The quantitative estimate of drug-likeness (QED) is 0.364. The maximum Gasteiger partial charge on any atom is 0.142 e. The first-order valence-corrected chi connectivity index (χ1v) is 9.93. The topological polar surface area (TPSA) is 13.1 Å². The van der Waals surface area contributed by atoms with Crippen LogP contribution in [0.25, 0.3) is 22.5 Å². The summed E-state index contributed by atoms with van der Waals surface area (Å²) < 4.78 is 5.92. The van der Waals surface area contributed by atoms with E-state index in [0.29, 0.717) is 5.92 Å². The van der Waals surface area contributed by atoms with Gasteiger partial charge in [0, 0.05) is 11.1 Å². The first-order valence-electron chi connectivity index (χ1n) is 9.93. The van der Waals surface area contributed by atoms with Crippen molar-refractivity contribution in [1.29, 1.82) is 0 Å². The van der Waals surface area contributed by atoms with Crippen LogP contribution in [0, 0.1) is 17.8 Å². The average Bonchev–Trinajstić information content (AvgIpc) is 3.46. The third-order valence-corrected chi connectivity index (χ3v) is 7.50. The third kappa shape index (κ3) is 1.46. The first kappa shape index (κ1) is 13.6. The molecule has 2 fully saturated rings. The number of allylic oxidation sites excluding steroid dienone is 1. The lowest BCUT2D eigenvalue weighted by Gasteiger charge is -2.27. The van der Waals surface area contributed by atoms with Crippen LogP contribution in [-0.2, 0) is 0 Å². The molecular formula is C25H20O. The Hall–Kier alpha value is -2.54. The maximum absolute atomic E-state index is 5.92. The van der Waals surface area contributed by atoms with Gasteiger partial charge in [-0.2, -0.15) is 0 Å². The van der Waals surface area contributed by atoms with Crippen LogP contribution in [0.2, 0.25) is 0 Å². The molecule has 4 aliphatic rings. The lowest BCUT2D eigenvalue weighted by atomic mass is 9.76. The lowest BCUT2D eigenvalue weighted by molar-refractivity contribution is 0.365. The van der Waals surface area contributed by atoms with Gasteiger partial charge >= 0.3 is 0 Å². The van der Waals surface area contributed by atoms with Gasteiger partial charge in [0.2, 0.25) is 0 Å². The molecule has 0 amide bonds. The van der Waals surface area contributed by atoms with Gasteiger partial charge in [0.1, 0.15) is 5.76 Å². The van der Waals surface area contributed by atoms with Crippen molar-refractivity contribution >= 4 is 11.1 Å². The molecule has 2 bridgehead atoms. The first-order chi connectivity index (χ1) is 12.9. The van der Waals surface area contributed by atoms with E-state index in [1.807, 2.05) is 6.26 Å². The fourth-order valence-electron chi connectivity index (χ4n) is 6.72. The standard InChI is InChI=1S/C25H20O/c1-2-6-17-16(5-1)21-14-9-10-15(13-14)22(21)24(17)23-18-7-3-4-8-19(18)25-20(23)11-12-26-25/h1-8,11-12,14-15,21-22H,9-10,13H2/b24-23-/t14-,15+,21?,22?/m1/s1. The molecule has 4 aliphatic carbocycles. The summed E-state index contributed by atoms with van der Waals surface area (Å²) in [6.07, 6.45) is 6.13. The van der Waals surface area contributed by atoms with E-state index in [4.69, 9.17) is 4.42 Å². The molecule has 1 aromatic heterocycles. The maximum atomic E-state index is 5.92. The summed E-state index contributed by atoms with van der Waals surface area (Å²) in [4.78, 5) is 0. The number of fused-ring (bicyclic) bond motifs is 10. The Morgan fingerprint density at radius 3 is 2.31 bits per heavy atom. The van der Waals surface area contributed by atoms with Gasteiger partial charge in [-0.15, -0.1) is 0 Å². The van der Waals surface area contributed by atoms with Crippen LogP contribution < -0.4 is 0 Å². The molecule has 2 saturated carbocycles. The van der Waals surface area contributed by atoms with E-state index in [0.717, 1.165) is 23.5 Å². The van der Waals surface area contributed by atoms with Crippen LogP contribution >= 0.6 is 0 Å². The zero-order valence-corrected chi connectivity index (χ0v) is 14.6. The smallest absolute Gasteiger partial charge is 0.142 e. The molecule has 4 atom stereocenters. The van der Waals surface area contributed by atoms with Gasteiger partial charge in [-0.05, 0) is 76.8 Å². The number of hydrogen-bond donors (Lipinski definition) is 0. The predicted octanol–water partition coefficient (Wildman–Crippen LogP) is 6.36. The second-order valence-electron chi connectivity index (χ2n) is 8.47. The molecule has 0 aliphatic heterocycles. The zero-order valence-electron chi connectivity index (χ0n) is 14.6. The van der Waals surface area contributed by atoms with E-state index >= 15 is 0 Å². The van der Waals surface area contributed by atoms with Crippen LogP contribution in [0.15, 0.2) is 65.3 Å². The molecule has 2 unspecified atom stereocenters. The van der Waals surface area contributed by atoms with Gasteiger partial charge in [-0.3, -0.25) is 0 Å². The molecule has 2 aromatic carbocycles. The molecule has 3 aromatic rings. The van der Waals surface area contributed by atoms with E-state index in [9.17, 15) is 0 Å². The van der Waals surface area contributed by atoms with Crippen molar-refractivity contribution in [1.82, 2.24) is 0 Å². The second kappa shape index (κ2) is 4.59. The van der Waals surface area contributed by atoms with Gasteiger partial charge < -0.3 is 4.42 Å². The van der Waals surface area contributed by atoms with Crippen molar-refractivity contribution in [2.75, 3.05) is 0 Å². The average molecular weight is 336 g/mol. The Morgan fingerprint density at radius 2 is 1.42 bits per heavy atom. The van der Waals surface area contributed by atoms with Crippen molar-refractivity contribution in [2.24, 2.45) is 17.8 Å². The third-order valence-electron chi connectivity index (χ3n) is 7.50. The summed E-state index contributed by atoms with van der Waals surface area (Å²) in [6.45, 7) is 0. The van der Waals surface area contributed by atoms with Crippen molar-refractivity contribution in [3.8, 4) is 11.3 Å². The highest BCUT2D eigenvalue weighted by molar-refractivity contribution is 6.11. The van der Waals surface area contributed by atoms with Gasteiger partial charge in [0.15, 0.2) is 0 Å². The molecule has 1 heteroatoms. The molecule has 0 spiro atoms. The Balaban J connectivity index is 1.60. The minimum atomic E-state index is 0.704. The van der Waals surface area contributed by atoms with Crippen molar-refractivity contribution < 1.29 is 4.42 Å². The predicted molar refractivity (Wildman–Crippen MR) is 104 cm³/mol. The fraction of sp³-hybridized carbons (Fsp3) is 0.280. The Morgan fingerprint density at radius 1 is 0.692 bits per heavy atom. The van der Waals surface area contributed by atoms with E-state index in [1.54, 1.807) is 11.1 Å². The summed E-state index contributed by atoms with van der Waals surface area (Å²) >= 11 is 0. The van der Waals surface area contributed by atoms with Crippen molar-refractivity contribution in [3.63, 3.8) is 0 Å². The van der Waals surface area contributed by atoms with E-state index in [2.05, 4.69) is 54.6 Å². The highest BCUT2D eigenvalue weighted by Gasteiger charge is 2.54. The van der Waals surface area contributed by atoms with E-state index < -0.39 is 0 Å². The monoisotopic (exact) mass is 336 g/mol. The summed E-state index contributed by atoms with van der Waals surface area (Å²) in [5, 5.41) is 0. The van der Waals surface area contributed by atoms with Gasteiger partial charge in [-0.25, -0.2) is 0 Å². The van der Waals surface area contributed by atoms with Crippen molar-refractivity contribution in [3.05, 3.63) is 83.1 Å². The number of rotatable bonds is 0. The minimum absolute atomic E-state index is 0.704. The second-order valence-corrected chi connectivity index (χ2v) is 8.47. The summed E-state index contributed by atoms with van der Waals surface area (Å²) in [7, 11) is 0. The number of benzene rings is 2. The summed E-state index contributed by atoms with van der Waals surface area (Å²) in [5.74, 6) is 4.27. The molecule has 126 valence electrons. The van der Waals surface area contributed by atoms with E-state index in [-0.39, 0.29) is 0 Å². The number of hydrogen-bond acceptors (Lipinski definition) is 1. The Bertz CT molecular complexity index is 1100. The highest BCUT2D eigenvalue weighted by Crippen LogP contribution is 2.67. The summed E-state index contributed by atoms with van der Waals surface area (Å²) in [5.41, 5.74) is 10.1.